The first-order valence-electron chi connectivity index (χ1n) is 11.7. The first-order chi connectivity index (χ1) is 16.2. The Labute approximate surface area is 192 Å². The van der Waals surface area contributed by atoms with Gasteiger partial charge in [-0.1, -0.05) is 61.7 Å². The van der Waals surface area contributed by atoms with Crippen LogP contribution in [-0.2, 0) is 7.05 Å². The zero-order valence-electron chi connectivity index (χ0n) is 18.7. The third-order valence-electron chi connectivity index (χ3n) is 7.02. The van der Waals surface area contributed by atoms with Gasteiger partial charge in [0.15, 0.2) is 0 Å². The lowest BCUT2D eigenvalue weighted by Crippen LogP contribution is -2.27. The number of fused-ring (bicyclic) bond motifs is 3. The lowest BCUT2D eigenvalue weighted by molar-refractivity contribution is 0.351. The Morgan fingerprint density at radius 1 is 0.818 bits per heavy atom. The summed E-state index contributed by atoms with van der Waals surface area (Å²) >= 11 is 0. The molecule has 5 aromatic rings. The molecule has 1 fully saturated rings. The van der Waals surface area contributed by atoms with Crippen LogP contribution < -0.4 is 5.69 Å². The number of hydrogen-bond acceptors (Lipinski definition) is 3. The second kappa shape index (κ2) is 8.00. The summed E-state index contributed by atoms with van der Waals surface area (Å²) in [6.07, 6.45) is 9.52. The van der Waals surface area contributed by atoms with Crippen LogP contribution in [0.25, 0.3) is 44.3 Å². The molecule has 0 N–H and O–H groups in total. The second-order valence-electron chi connectivity index (χ2n) is 9.03. The number of hydrogen-bond donors (Lipinski definition) is 0. The van der Waals surface area contributed by atoms with Crippen LogP contribution in [-0.4, -0.2) is 19.1 Å². The summed E-state index contributed by atoms with van der Waals surface area (Å²) in [5.41, 5.74) is 7.07. The molecule has 1 aliphatic carbocycles. The number of aromatic nitrogens is 4. The molecule has 3 aromatic heterocycles. The van der Waals surface area contributed by atoms with Gasteiger partial charge in [-0.3, -0.25) is 19.1 Å². The highest BCUT2D eigenvalue weighted by Gasteiger charge is 2.23. The molecule has 0 aliphatic heterocycles. The van der Waals surface area contributed by atoms with Crippen molar-refractivity contribution >= 4 is 21.9 Å². The minimum absolute atomic E-state index is 0.0606. The molecular formula is C28H26N4O. The van der Waals surface area contributed by atoms with E-state index in [4.69, 9.17) is 4.98 Å². The molecule has 5 nitrogen and oxygen atoms in total. The SMILES string of the molecule is Cn1c(=O)n(C2CCCCC2)c2c3cc(-c4ccc(-c5ccccc5)nc4)ccc3ncc21. The standard InChI is InChI=1S/C28H26N4O/c1-31-26-18-30-25-15-12-20(21-13-14-24(29-17-21)19-8-4-2-5-9-19)16-23(25)27(26)32(28(31)33)22-10-6-3-7-11-22/h2,4-5,8-9,12-18,22H,3,6-7,10-11H2,1H3. The summed E-state index contributed by atoms with van der Waals surface area (Å²) in [4.78, 5) is 22.6. The van der Waals surface area contributed by atoms with Crippen molar-refractivity contribution in [3.05, 3.63) is 83.5 Å². The molecule has 0 saturated heterocycles. The van der Waals surface area contributed by atoms with Crippen molar-refractivity contribution in [2.45, 2.75) is 38.1 Å². The van der Waals surface area contributed by atoms with Crippen LogP contribution in [0.15, 0.2) is 77.9 Å². The molecule has 2 aromatic carbocycles. The van der Waals surface area contributed by atoms with Gasteiger partial charge in [-0.05, 0) is 36.6 Å². The Kier molecular flexibility index (Phi) is 4.83. The number of aryl methyl sites for hydroxylation is 1. The van der Waals surface area contributed by atoms with Crippen LogP contribution in [0.5, 0.6) is 0 Å². The van der Waals surface area contributed by atoms with Gasteiger partial charge < -0.3 is 0 Å². The number of pyridine rings is 2. The van der Waals surface area contributed by atoms with E-state index in [2.05, 4.69) is 47.4 Å². The number of rotatable bonds is 3. The molecule has 1 saturated carbocycles. The van der Waals surface area contributed by atoms with Gasteiger partial charge in [-0.2, -0.15) is 0 Å². The average Bonchev–Trinajstić information content (AvgIpc) is 3.15. The molecule has 3 heterocycles. The Hall–Kier alpha value is -3.73. The fraction of sp³-hybridized carbons (Fsp3) is 0.250. The molecule has 0 radical (unpaired) electrons. The largest absolute Gasteiger partial charge is 0.329 e. The van der Waals surface area contributed by atoms with Crippen molar-refractivity contribution in [3.8, 4) is 22.4 Å². The summed E-state index contributed by atoms with van der Waals surface area (Å²) in [7, 11) is 1.85. The van der Waals surface area contributed by atoms with Gasteiger partial charge >= 0.3 is 5.69 Å². The van der Waals surface area contributed by atoms with Crippen molar-refractivity contribution in [3.63, 3.8) is 0 Å². The molecule has 0 atom stereocenters. The summed E-state index contributed by atoms with van der Waals surface area (Å²) in [5, 5.41) is 1.03. The minimum Gasteiger partial charge on any atom is -0.293 e. The Balaban J connectivity index is 1.50. The lowest BCUT2D eigenvalue weighted by atomic mass is 9.95. The highest BCUT2D eigenvalue weighted by atomic mass is 16.1. The first kappa shape index (κ1) is 19.9. The van der Waals surface area contributed by atoms with Crippen LogP contribution in [0.3, 0.4) is 0 Å². The van der Waals surface area contributed by atoms with Crippen molar-refractivity contribution in [2.75, 3.05) is 0 Å². The fourth-order valence-electron chi connectivity index (χ4n) is 5.23. The maximum Gasteiger partial charge on any atom is 0.329 e. The maximum atomic E-state index is 13.2. The topological polar surface area (TPSA) is 52.7 Å². The van der Waals surface area contributed by atoms with Gasteiger partial charge in [0.05, 0.1) is 28.4 Å². The van der Waals surface area contributed by atoms with Gasteiger partial charge in [0.2, 0.25) is 0 Å². The molecule has 0 unspecified atom stereocenters. The van der Waals surface area contributed by atoms with E-state index in [1.165, 1.54) is 19.3 Å². The molecule has 33 heavy (non-hydrogen) atoms. The third-order valence-corrected chi connectivity index (χ3v) is 7.02. The minimum atomic E-state index is 0.0606. The van der Waals surface area contributed by atoms with E-state index in [1.54, 1.807) is 4.57 Å². The van der Waals surface area contributed by atoms with E-state index >= 15 is 0 Å². The number of nitrogens with zero attached hydrogens (tertiary/aromatic N) is 4. The highest BCUT2D eigenvalue weighted by molar-refractivity contribution is 6.04. The Morgan fingerprint density at radius 3 is 2.36 bits per heavy atom. The summed E-state index contributed by atoms with van der Waals surface area (Å²) in [6, 6.07) is 21.0. The molecule has 0 bridgehead atoms. The first-order valence-corrected chi connectivity index (χ1v) is 11.7. The molecule has 5 heteroatoms. The van der Waals surface area contributed by atoms with Crippen molar-refractivity contribution in [1.29, 1.82) is 0 Å². The summed E-state index contributed by atoms with van der Waals surface area (Å²) in [6.45, 7) is 0. The predicted molar refractivity (Wildman–Crippen MR) is 133 cm³/mol. The fourth-order valence-corrected chi connectivity index (χ4v) is 5.23. The average molecular weight is 435 g/mol. The Morgan fingerprint density at radius 2 is 1.61 bits per heavy atom. The summed E-state index contributed by atoms with van der Waals surface area (Å²) in [5.74, 6) is 0. The van der Waals surface area contributed by atoms with Crippen molar-refractivity contribution in [1.82, 2.24) is 19.1 Å². The van der Waals surface area contributed by atoms with Gasteiger partial charge in [0, 0.05) is 35.8 Å². The maximum absolute atomic E-state index is 13.2. The van der Waals surface area contributed by atoms with E-state index in [1.807, 2.05) is 42.2 Å². The van der Waals surface area contributed by atoms with Crippen molar-refractivity contribution < 1.29 is 0 Å². The van der Waals surface area contributed by atoms with E-state index in [9.17, 15) is 4.79 Å². The number of imidazole rings is 1. The van der Waals surface area contributed by atoms with Gasteiger partial charge in [0.25, 0.3) is 0 Å². The molecule has 0 spiro atoms. The van der Waals surface area contributed by atoms with E-state index < -0.39 is 0 Å². The molecule has 1 aliphatic rings. The molecular weight excluding hydrogens is 408 g/mol. The van der Waals surface area contributed by atoms with Crippen LogP contribution in [0, 0.1) is 0 Å². The van der Waals surface area contributed by atoms with Crippen LogP contribution in [0.1, 0.15) is 38.1 Å². The number of benzene rings is 2. The van der Waals surface area contributed by atoms with E-state index in [-0.39, 0.29) is 11.7 Å². The van der Waals surface area contributed by atoms with Gasteiger partial charge in [-0.15, -0.1) is 0 Å². The zero-order chi connectivity index (χ0) is 22.4. The second-order valence-corrected chi connectivity index (χ2v) is 9.03. The highest BCUT2D eigenvalue weighted by Crippen LogP contribution is 2.34. The van der Waals surface area contributed by atoms with E-state index in [0.29, 0.717) is 0 Å². The van der Waals surface area contributed by atoms with E-state index in [0.717, 1.165) is 57.2 Å². The monoisotopic (exact) mass is 434 g/mol. The normalized spacial score (nSPS) is 14.8. The predicted octanol–water partition coefficient (Wildman–Crippen LogP) is 6.12. The van der Waals surface area contributed by atoms with Gasteiger partial charge in [0.1, 0.15) is 0 Å². The molecule has 0 amide bonds. The Bertz CT molecular complexity index is 1510. The van der Waals surface area contributed by atoms with Gasteiger partial charge in [-0.25, -0.2) is 4.79 Å². The summed E-state index contributed by atoms with van der Waals surface area (Å²) < 4.78 is 3.79. The zero-order valence-corrected chi connectivity index (χ0v) is 18.7. The molecule has 164 valence electrons. The van der Waals surface area contributed by atoms with Crippen LogP contribution >= 0.6 is 0 Å². The molecule has 6 rings (SSSR count). The third kappa shape index (κ3) is 3.35. The van der Waals surface area contributed by atoms with Crippen LogP contribution in [0.4, 0.5) is 0 Å². The van der Waals surface area contributed by atoms with Crippen LogP contribution in [0.2, 0.25) is 0 Å². The van der Waals surface area contributed by atoms with Crippen molar-refractivity contribution in [2.24, 2.45) is 7.05 Å². The lowest BCUT2D eigenvalue weighted by Gasteiger charge is -2.23. The quantitative estimate of drug-likeness (QED) is 0.344. The smallest absolute Gasteiger partial charge is 0.293 e.